The van der Waals surface area contributed by atoms with Gasteiger partial charge in [0.2, 0.25) is 5.91 Å². The van der Waals surface area contributed by atoms with Crippen molar-refractivity contribution in [3.8, 4) is 11.1 Å². The minimum absolute atomic E-state index is 0.0958. The summed E-state index contributed by atoms with van der Waals surface area (Å²) < 4.78 is 5.72. The highest BCUT2D eigenvalue weighted by Crippen LogP contribution is 2.44. The smallest absolute Gasteiger partial charge is 0.407 e. The van der Waals surface area contributed by atoms with Gasteiger partial charge in [-0.2, -0.15) is 0 Å². The fourth-order valence-corrected chi connectivity index (χ4v) is 5.73. The van der Waals surface area contributed by atoms with Crippen LogP contribution in [0.15, 0.2) is 91.0 Å². The van der Waals surface area contributed by atoms with Gasteiger partial charge in [-0.3, -0.25) is 14.5 Å². The van der Waals surface area contributed by atoms with Gasteiger partial charge in [-0.05, 0) is 47.7 Å². The molecular weight excluding hydrogens is 518 g/mol. The molecule has 8 nitrogen and oxygen atoms in total. The Labute approximate surface area is 240 Å². The van der Waals surface area contributed by atoms with E-state index in [1.807, 2.05) is 72.6 Å². The number of amides is 2. The number of carboxylic acids is 1. The maximum Gasteiger partial charge on any atom is 0.407 e. The molecule has 3 aromatic rings. The van der Waals surface area contributed by atoms with E-state index in [1.165, 1.54) is 0 Å². The Hall–Kier alpha value is -4.43. The van der Waals surface area contributed by atoms with E-state index in [4.69, 9.17) is 4.74 Å². The number of allylic oxidation sites excluding steroid dienone is 1. The van der Waals surface area contributed by atoms with Crippen molar-refractivity contribution in [1.82, 2.24) is 15.5 Å². The number of aliphatic carboxylic acids is 1. The molecule has 0 saturated heterocycles. The molecule has 212 valence electrons. The topological polar surface area (TPSA) is 108 Å². The summed E-state index contributed by atoms with van der Waals surface area (Å²) in [6, 6.07) is 24.8. The van der Waals surface area contributed by atoms with E-state index in [9.17, 15) is 19.5 Å². The number of nitrogens with one attached hydrogen (secondary N) is 2. The summed E-state index contributed by atoms with van der Waals surface area (Å²) in [6.45, 7) is 0.963. The van der Waals surface area contributed by atoms with Crippen molar-refractivity contribution in [3.05, 3.63) is 108 Å². The van der Waals surface area contributed by atoms with Gasteiger partial charge in [0.1, 0.15) is 12.6 Å². The van der Waals surface area contributed by atoms with E-state index >= 15 is 0 Å². The Morgan fingerprint density at radius 3 is 2.24 bits per heavy atom. The molecule has 1 unspecified atom stereocenters. The largest absolute Gasteiger partial charge is 0.481 e. The molecule has 5 rings (SSSR count). The first-order chi connectivity index (χ1) is 19.9. The molecule has 41 heavy (non-hydrogen) atoms. The number of likely N-dealkylation sites (N-methyl/N-ethyl adjacent to an activating group) is 1. The van der Waals surface area contributed by atoms with Gasteiger partial charge in [0, 0.05) is 25.0 Å². The quantitative estimate of drug-likeness (QED) is 0.318. The number of carbonyl (C=O) groups excluding carboxylic acids is 2. The predicted octanol–water partition coefficient (Wildman–Crippen LogP) is 4.56. The molecule has 0 saturated carbocycles. The average Bonchev–Trinajstić information content (AvgIpc) is 3.30. The van der Waals surface area contributed by atoms with Crippen LogP contribution in [0.3, 0.4) is 0 Å². The van der Waals surface area contributed by atoms with Crippen molar-refractivity contribution in [1.29, 1.82) is 0 Å². The van der Waals surface area contributed by atoms with Gasteiger partial charge >= 0.3 is 12.1 Å². The summed E-state index contributed by atoms with van der Waals surface area (Å²) in [4.78, 5) is 39.9. The first-order valence-electron chi connectivity index (χ1n) is 13.9. The summed E-state index contributed by atoms with van der Waals surface area (Å²) >= 11 is 0. The van der Waals surface area contributed by atoms with E-state index in [1.54, 1.807) is 6.08 Å². The summed E-state index contributed by atoms with van der Waals surface area (Å²) in [5.41, 5.74) is 5.56. The van der Waals surface area contributed by atoms with Gasteiger partial charge in [-0.25, -0.2) is 4.79 Å². The van der Waals surface area contributed by atoms with E-state index < -0.39 is 30.1 Å². The number of hydrogen-bond acceptors (Lipinski definition) is 5. The number of ether oxygens (including phenoxy) is 1. The van der Waals surface area contributed by atoms with Gasteiger partial charge in [-0.15, -0.1) is 0 Å². The van der Waals surface area contributed by atoms with Crippen LogP contribution in [0.1, 0.15) is 35.4 Å². The molecule has 2 aliphatic carbocycles. The maximum absolute atomic E-state index is 13.4. The third-order valence-electron chi connectivity index (χ3n) is 7.75. The number of benzene rings is 3. The molecule has 0 heterocycles. The second-order valence-corrected chi connectivity index (χ2v) is 10.8. The number of carbonyl (C=O) groups is 3. The normalized spacial score (nSPS) is 18.3. The molecule has 0 radical (unpaired) electrons. The van der Waals surface area contributed by atoms with Crippen LogP contribution in [0.4, 0.5) is 4.79 Å². The lowest BCUT2D eigenvalue weighted by molar-refractivity contribution is -0.142. The van der Waals surface area contributed by atoms with E-state index in [2.05, 4.69) is 34.9 Å². The fourth-order valence-electron chi connectivity index (χ4n) is 5.73. The Balaban J connectivity index is 1.26. The standard InChI is InChI=1S/C33H35N3O5/c1-36(19-22-10-3-2-4-11-22)20-30(31(37)34-24-13-9-12-23(18-24)32(38)39)35-33(40)41-21-29-27-16-7-5-14-25(27)26-15-6-8-17-28(26)29/h2-11,13-17,23-24,29-30H,12,18-21H2,1H3,(H,34,37)(H,35,40)(H,38,39)/t23-,24-,30?/m1/s1. The molecule has 0 bridgehead atoms. The maximum atomic E-state index is 13.4. The highest BCUT2D eigenvalue weighted by molar-refractivity contribution is 5.86. The third kappa shape index (κ3) is 6.84. The first kappa shape index (κ1) is 28.1. The number of fused-ring (bicyclic) bond motifs is 3. The van der Waals surface area contributed by atoms with Gasteiger partial charge < -0.3 is 20.5 Å². The van der Waals surface area contributed by atoms with Gasteiger partial charge in [0.25, 0.3) is 0 Å². The monoisotopic (exact) mass is 553 g/mol. The van der Waals surface area contributed by atoms with Crippen LogP contribution in [0, 0.1) is 5.92 Å². The van der Waals surface area contributed by atoms with Crippen LogP contribution < -0.4 is 10.6 Å². The number of nitrogens with zero attached hydrogens (tertiary/aromatic N) is 1. The molecule has 2 aliphatic rings. The van der Waals surface area contributed by atoms with Crippen molar-refractivity contribution >= 4 is 18.0 Å². The van der Waals surface area contributed by atoms with Crippen LogP contribution in [-0.4, -0.2) is 60.3 Å². The zero-order valence-electron chi connectivity index (χ0n) is 23.0. The summed E-state index contributed by atoms with van der Waals surface area (Å²) in [5, 5.41) is 15.1. The van der Waals surface area contributed by atoms with Crippen LogP contribution >= 0.6 is 0 Å². The number of carboxylic acid groups (broad SMARTS) is 1. The lowest BCUT2D eigenvalue weighted by Gasteiger charge is -2.28. The highest BCUT2D eigenvalue weighted by atomic mass is 16.5. The molecule has 3 aromatic carbocycles. The Bertz CT molecular complexity index is 1380. The van der Waals surface area contributed by atoms with Crippen molar-refractivity contribution in [2.75, 3.05) is 20.2 Å². The molecule has 0 fully saturated rings. The fraction of sp³-hybridized carbons (Fsp3) is 0.303. The molecule has 3 N–H and O–H groups in total. The zero-order chi connectivity index (χ0) is 28.8. The minimum atomic E-state index is -0.905. The number of hydrogen-bond donors (Lipinski definition) is 3. The summed E-state index contributed by atoms with van der Waals surface area (Å²) in [7, 11) is 1.88. The first-order valence-corrected chi connectivity index (χ1v) is 13.9. The number of alkyl carbamates (subject to hydrolysis) is 1. The van der Waals surface area contributed by atoms with Crippen LogP contribution in [0.2, 0.25) is 0 Å². The van der Waals surface area contributed by atoms with E-state index in [-0.39, 0.29) is 25.0 Å². The van der Waals surface area contributed by atoms with Gasteiger partial charge in [0.05, 0.1) is 5.92 Å². The van der Waals surface area contributed by atoms with Crippen LogP contribution in [0.25, 0.3) is 11.1 Å². The van der Waals surface area contributed by atoms with E-state index in [0.29, 0.717) is 19.4 Å². The van der Waals surface area contributed by atoms with Crippen LogP contribution in [-0.2, 0) is 20.9 Å². The lowest BCUT2D eigenvalue weighted by Crippen LogP contribution is -2.54. The van der Waals surface area contributed by atoms with Crippen molar-refractivity contribution in [2.24, 2.45) is 5.92 Å². The molecule has 0 aromatic heterocycles. The molecule has 2 amide bonds. The van der Waals surface area contributed by atoms with Gasteiger partial charge in [-0.1, -0.05) is 91.0 Å². The molecule has 8 heteroatoms. The summed E-state index contributed by atoms with van der Waals surface area (Å²) in [5.74, 6) is -1.93. The van der Waals surface area contributed by atoms with Crippen molar-refractivity contribution in [2.45, 2.75) is 37.4 Å². The second kappa shape index (κ2) is 12.8. The summed E-state index contributed by atoms with van der Waals surface area (Å²) in [6.07, 6.45) is 3.65. The molecule has 0 spiro atoms. The SMILES string of the molecule is CN(Cc1ccccc1)CC(NC(=O)OCC1c2ccccc2-c2ccccc21)C(=O)N[C@@H]1C=CC[C@@H](C(=O)O)C1. The van der Waals surface area contributed by atoms with Gasteiger partial charge in [0.15, 0.2) is 0 Å². The molecular formula is C33H35N3O5. The Morgan fingerprint density at radius 2 is 1.59 bits per heavy atom. The minimum Gasteiger partial charge on any atom is -0.481 e. The number of rotatable bonds is 10. The molecule has 0 aliphatic heterocycles. The van der Waals surface area contributed by atoms with Crippen LogP contribution in [0.5, 0.6) is 0 Å². The average molecular weight is 554 g/mol. The van der Waals surface area contributed by atoms with E-state index in [0.717, 1.165) is 27.8 Å². The van der Waals surface area contributed by atoms with Crippen molar-refractivity contribution in [3.63, 3.8) is 0 Å². The Morgan fingerprint density at radius 1 is 0.951 bits per heavy atom. The predicted molar refractivity (Wildman–Crippen MR) is 156 cm³/mol. The second-order valence-electron chi connectivity index (χ2n) is 10.8. The van der Waals surface area contributed by atoms with Crippen molar-refractivity contribution < 1.29 is 24.2 Å². The Kier molecular flexibility index (Phi) is 8.79. The third-order valence-corrected chi connectivity index (χ3v) is 7.75. The lowest BCUT2D eigenvalue weighted by atomic mass is 9.91. The molecule has 3 atom stereocenters. The zero-order valence-corrected chi connectivity index (χ0v) is 23.0. The highest BCUT2D eigenvalue weighted by Gasteiger charge is 2.31.